The smallest absolute Gasteiger partial charge is 0.326 e. The number of hydrogen-bond acceptors (Lipinski definition) is 5. The van der Waals surface area contributed by atoms with Crippen molar-refractivity contribution in [2.24, 2.45) is 0 Å². The third-order valence-electron chi connectivity index (χ3n) is 4.46. The van der Waals surface area contributed by atoms with Crippen LogP contribution in [-0.4, -0.2) is 28.9 Å². The van der Waals surface area contributed by atoms with E-state index < -0.39 is 11.6 Å². The summed E-state index contributed by atoms with van der Waals surface area (Å²) in [5.74, 6) is 0.172. The van der Waals surface area contributed by atoms with Crippen molar-refractivity contribution in [2.45, 2.75) is 45.9 Å². The molecule has 0 aromatic heterocycles. The minimum absolute atomic E-state index is 0.0491. The summed E-state index contributed by atoms with van der Waals surface area (Å²) < 4.78 is 11.1. The van der Waals surface area contributed by atoms with Gasteiger partial charge in [0.1, 0.15) is 24.5 Å². The summed E-state index contributed by atoms with van der Waals surface area (Å²) in [6, 6.07) is 15.0. The second kappa shape index (κ2) is 8.36. The Morgan fingerprint density at radius 2 is 1.86 bits per heavy atom. The second-order valence-electron chi connectivity index (χ2n) is 8.04. The highest BCUT2D eigenvalue weighted by Gasteiger charge is 2.27. The van der Waals surface area contributed by atoms with E-state index in [9.17, 15) is 9.59 Å². The van der Waals surface area contributed by atoms with E-state index in [1.165, 1.54) is 4.90 Å². The number of fused-ring (bicyclic) bond motifs is 1. The molecule has 0 fully saturated rings. The molecular weight excluding hydrogens is 368 g/mol. The fourth-order valence-electron chi connectivity index (χ4n) is 3.10. The van der Waals surface area contributed by atoms with Gasteiger partial charge in [-0.15, -0.1) is 0 Å². The van der Waals surface area contributed by atoms with E-state index in [-0.39, 0.29) is 18.9 Å². The SMILES string of the molecule is CC(C)(C)OC(=O)CN1Cc2ccc(OCc3ccc(C#N)cc3)cc2CC1=O. The summed E-state index contributed by atoms with van der Waals surface area (Å²) >= 11 is 0. The van der Waals surface area contributed by atoms with Gasteiger partial charge in [-0.05, 0) is 61.7 Å². The number of ether oxygens (including phenoxy) is 2. The Morgan fingerprint density at radius 1 is 1.14 bits per heavy atom. The largest absolute Gasteiger partial charge is 0.489 e. The van der Waals surface area contributed by atoms with Gasteiger partial charge < -0.3 is 14.4 Å². The van der Waals surface area contributed by atoms with Crippen LogP contribution in [0.2, 0.25) is 0 Å². The first-order valence-electron chi connectivity index (χ1n) is 9.47. The zero-order valence-corrected chi connectivity index (χ0v) is 16.9. The molecule has 0 saturated carbocycles. The van der Waals surface area contributed by atoms with Gasteiger partial charge in [0.15, 0.2) is 0 Å². The van der Waals surface area contributed by atoms with E-state index in [1.54, 1.807) is 32.9 Å². The van der Waals surface area contributed by atoms with Crippen molar-refractivity contribution in [3.05, 3.63) is 64.7 Å². The van der Waals surface area contributed by atoms with Crippen LogP contribution >= 0.6 is 0 Å². The quantitative estimate of drug-likeness (QED) is 0.729. The van der Waals surface area contributed by atoms with Crippen molar-refractivity contribution in [1.82, 2.24) is 4.90 Å². The highest BCUT2D eigenvalue weighted by Crippen LogP contribution is 2.25. The number of carbonyl (C=O) groups is 2. The molecule has 0 radical (unpaired) electrons. The molecule has 0 N–H and O–H groups in total. The molecule has 0 spiro atoms. The summed E-state index contributed by atoms with van der Waals surface area (Å²) in [4.78, 5) is 26.0. The van der Waals surface area contributed by atoms with Gasteiger partial charge in [-0.1, -0.05) is 18.2 Å². The normalized spacial score (nSPS) is 13.4. The van der Waals surface area contributed by atoms with Crippen LogP contribution in [0.1, 0.15) is 43.0 Å². The fourth-order valence-corrected chi connectivity index (χ4v) is 3.10. The fraction of sp³-hybridized carbons (Fsp3) is 0.348. The average Bonchev–Trinajstić information content (AvgIpc) is 2.66. The molecule has 0 saturated heterocycles. The summed E-state index contributed by atoms with van der Waals surface area (Å²) in [6.07, 6.45) is 0.228. The minimum atomic E-state index is -0.574. The third-order valence-corrected chi connectivity index (χ3v) is 4.46. The number of hydrogen-bond donors (Lipinski definition) is 0. The topological polar surface area (TPSA) is 79.6 Å². The van der Waals surface area contributed by atoms with Gasteiger partial charge in [-0.25, -0.2) is 0 Å². The standard InChI is InChI=1S/C23H24N2O4/c1-23(2,3)29-22(27)14-25-13-18-8-9-20(10-19(18)11-21(25)26)28-15-17-6-4-16(12-24)5-7-17/h4-10H,11,13-15H2,1-3H3. The van der Waals surface area contributed by atoms with Crippen LogP contribution in [0.15, 0.2) is 42.5 Å². The summed E-state index contributed by atoms with van der Waals surface area (Å²) in [6.45, 7) is 6.12. The lowest BCUT2D eigenvalue weighted by Gasteiger charge is -2.29. The molecule has 0 atom stereocenters. The van der Waals surface area contributed by atoms with Crippen LogP contribution < -0.4 is 4.74 Å². The van der Waals surface area contributed by atoms with Crippen LogP contribution in [0.25, 0.3) is 0 Å². The number of amides is 1. The number of benzene rings is 2. The first-order chi connectivity index (χ1) is 13.7. The molecule has 0 unspecified atom stereocenters. The maximum Gasteiger partial charge on any atom is 0.326 e. The highest BCUT2D eigenvalue weighted by molar-refractivity contribution is 5.85. The van der Waals surface area contributed by atoms with Crippen LogP contribution in [0, 0.1) is 11.3 Å². The molecular formula is C23H24N2O4. The van der Waals surface area contributed by atoms with Crippen LogP contribution in [0.4, 0.5) is 0 Å². The average molecular weight is 392 g/mol. The van der Waals surface area contributed by atoms with Crippen molar-refractivity contribution in [1.29, 1.82) is 5.26 Å². The van der Waals surface area contributed by atoms with Crippen LogP contribution in [-0.2, 0) is 33.9 Å². The number of rotatable bonds is 5. The molecule has 3 rings (SSSR count). The molecule has 6 heteroatoms. The Kier molecular flexibility index (Phi) is 5.88. The molecule has 1 heterocycles. The van der Waals surface area contributed by atoms with Crippen molar-refractivity contribution in [3.63, 3.8) is 0 Å². The zero-order chi connectivity index (χ0) is 21.0. The number of esters is 1. The maximum atomic E-state index is 12.5. The monoisotopic (exact) mass is 392 g/mol. The van der Waals surface area contributed by atoms with Crippen LogP contribution in [0.5, 0.6) is 5.75 Å². The van der Waals surface area contributed by atoms with E-state index in [2.05, 4.69) is 6.07 Å². The van der Waals surface area contributed by atoms with Crippen LogP contribution in [0.3, 0.4) is 0 Å². The Bertz CT molecular complexity index is 952. The number of carbonyl (C=O) groups excluding carboxylic acids is 2. The predicted molar refractivity (Wildman–Crippen MR) is 107 cm³/mol. The van der Waals surface area contributed by atoms with Crippen molar-refractivity contribution in [3.8, 4) is 11.8 Å². The number of nitrogens with zero attached hydrogens (tertiary/aromatic N) is 2. The molecule has 29 heavy (non-hydrogen) atoms. The third kappa shape index (κ3) is 5.58. The molecule has 2 aromatic carbocycles. The Morgan fingerprint density at radius 3 is 2.52 bits per heavy atom. The summed E-state index contributed by atoms with van der Waals surface area (Å²) in [5, 5.41) is 8.85. The van der Waals surface area contributed by atoms with Gasteiger partial charge in [-0.2, -0.15) is 5.26 Å². The van der Waals surface area contributed by atoms with Gasteiger partial charge in [0.2, 0.25) is 5.91 Å². The van der Waals surface area contributed by atoms with Gasteiger partial charge in [-0.3, -0.25) is 9.59 Å². The molecule has 2 aromatic rings. The Labute approximate surface area is 170 Å². The molecule has 0 aliphatic carbocycles. The molecule has 6 nitrogen and oxygen atoms in total. The molecule has 1 amide bonds. The molecule has 150 valence electrons. The Balaban J connectivity index is 1.62. The maximum absolute atomic E-state index is 12.5. The van der Waals surface area contributed by atoms with Gasteiger partial charge in [0.05, 0.1) is 18.1 Å². The van der Waals surface area contributed by atoms with E-state index in [1.807, 2.05) is 30.3 Å². The van der Waals surface area contributed by atoms with E-state index in [0.717, 1.165) is 16.7 Å². The molecule has 0 bridgehead atoms. The lowest BCUT2D eigenvalue weighted by atomic mass is 9.99. The first kappa shape index (κ1) is 20.4. The summed E-state index contributed by atoms with van der Waals surface area (Å²) in [7, 11) is 0. The van der Waals surface area contributed by atoms with E-state index >= 15 is 0 Å². The van der Waals surface area contributed by atoms with E-state index in [0.29, 0.717) is 24.5 Å². The van der Waals surface area contributed by atoms with Crippen molar-refractivity contribution >= 4 is 11.9 Å². The number of nitriles is 1. The van der Waals surface area contributed by atoms with Gasteiger partial charge in [0.25, 0.3) is 0 Å². The predicted octanol–water partition coefficient (Wildman–Crippen LogP) is 3.36. The van der Waals surface area contributed by atoms with E-state index in [4.69, 9.17) is 14.7 Å². The zero-order valence-electron chi connectivity index (χ0n) is 16.9. The minimum Gasteiger partial charge on any atom is -0.489 e. The summed E-state index contributed by atoms with van der Waals surface area (Å²) in [5.41, 5.74) is 2.90. The van der Waals surface area contributed by atoms with Crippen molar-refractivity contribution < 1.29 is 19.1 Å². The molecule has 1 aliphatic heterocycles. The first-order valence-corrected chi connectivity index (χ1v) is 9.47. The van der Waals surface area contributed by atoms with Gasteiger partial charge in [0, 0.05) is 6.54 Å². The lowest BCUT2D eigenvalue weighted by Crippen LogP contribution is -2.41. The second-order valence-corrected chi connectivity index (χ2v) is 8.04. The highest BCUT2D eigenvalue weighted by atomic mass is 16.6. The van der Waals surface area contributed by atoms with Gasteiger partial charge >= 0.3 is 5.97 Å². The molecule has 1 aliphatic rings. The lowest BCUT2D eigenvalue weighted by molar-refractivity contribution is -0.159. The van der Waals surface area contributed by atoms with Crippen molar-refractivity contribution in [2.75, 3.05) is 6.54 Å². The Hall–Kier alpha value is -3.33.